The number of aliphatic imine (C=N–C) groups is 1. The highest BCUT2D eigenvalue weighted by atomic mass is 16.5. The third-order valence-corrected chi connectivity index (χ3v) is 6.89. The molecule has 2 aromatic heterocycles. The van der Waals surface area contributed by atoms with Crippen molar-refractivity contribution in [2.45, 2.75) is 45.1 Å². The van der Waals surface area contributed by atoms with E-state index >= 15 is 0 Å². The molecule has 1 amide bonds. The van der Waals surface area contributed by atoms with Crippen molar-refractivity contribution < 1.29 is 9.53 Å². The quantitative estimate of drug-likeness (QED) is 0.212. The van der Waals surface area contributed by atoms with Crippen LogP contribution in [0.2, 0.25) is 0 Å². The minimum atomic E-state index is -0.0957. The highest BCUT2D eigenvalue weighted by Crippen LogP contribution is 2.29. The number of carbonyl (C=O) groups is 1. The van der Waals surface area contributed by atoms with E-state index in [4.69, 9.17) is 14.7 Å². The number of anilines is 2. The topological polar surface area (TPSA) is 117 Å². The van der Waals surface area contributed by atoms with Gasteiger partial charge in [0.25, 0.3) is 5.91 Å². The molecule has 1 saturated carbocycles. The van der Waals surface area contributed by atoms with E-state index in [0.717, 1.165) is 46.5 Å². The van der Waals surface area contributed by atoms with Gasteiger partial charge in [0.15, 0.2) is 12.4 Å². The molecule has 1 fully saturated rings. The maximum atomic E-state index is 12.4. The number of ether oxygens (including phenoxy) is 1. The molecule has 40 heavy (non-hydrogen) atoms. The predicted molar refractivity (Wildman–Crippen MR) is 159 cm³/mol. The molecule has 0 aliphatic heterocycles. The lowest BCUT2D eigenvalue weighted by atomic mass is 9.95. The van der Waals surface area contributed by atoms with Gasteiger partial charge in [0.05, 0.1) is 11.9 Å². The molecule has 4 aromatic rings. The van der Waals surface area contributed by atoms with E-state index in [2.05, 4.69) is 32.5 Å². The summed E-state index contributed by atoms with van der Waals surface area (Å²) in [7, 11) is 0. The van der Waals surface area contributed by atoms with Crippen LogP contribution in [-0.2, 0) is 4.79 Å². The van der Waals surface area contributed by atoms with Crippen molar-refractivity contribution in [1.82, 2.24) is 25.5 Å². The van der Waals surface area contributed by atoms with E-state index in [9.17, 15) is 4.79 Å². The lowest BCUT2D eigenvalue weighted by Gasteiger charge is -2.22. The molecule has 3 N–H and O–H groups in total. The second-order valence-electron chi connectivity index (χ2n) is 9.80. The van der Waals surface area contributed by atoms with Gasteiger partial charge in [0, 0.05) is 40.8 Å². The van der Waals surface area contributed by atoms with Crippen LogP contribution in [0.15, 0.2) is 72.1 Å². The van der Waals surface area contributed by atoms with Crippen LogP contribution < -0.4 is 15.4 Å². The van der Waals surface area contributed by atoms with Gasteiger partial charge in [-0.15, -0.1) is 0 Å². The predicted octanol–water partition coefficient (Wildman–Crippen LogP) is 6.08. The number of rotatable bonds is 10. The third kappa shape index (κ3) is 6.79. The number of hydrogen-bond donors (Lipinski definition) is 3. The molecule has 204 valence electrons. The van der Waals surface area contributed by atoms with Crippen molar-refractivity contribution in [2.75, 3.05) is 11.9 Å². The Kier molecular flexibility index (Phi) is 8.60. The zero-order valence-corrected chi connectivity index (χ0v) is 22.6. The number of carbonyl (C=O) groups excluding carboxylic acids is 1. The first-order chi connectivity index (χ1) is 19.6. The van der Waals surface area contributed by atoms with Gasteiger partial charge in [-0.25, -0.2) is 9.97 Å². The fraction of sp³-hybridized carbons (Fsp3) is 0.258. The van der Waals surface area contributed by atoms with Gasteiger partial charge in [-0.2, -0.15) is 5.10 Å². The molecular formula is C31H33N7O2. The van der Waals surface area contributed by atoms with Crippen LogP contribution in [0.1, 0.15) is 43.4 Å². The van der Waals surface area contributed by atoms with Crippen LogP contribution in [0.4, 0.5) is 11.5 Å². The number of nitrogens with zero attached hydrogens (tertiary/aromatic N) is 4. The Morgan fingerprint density at radius 2 is 1.93 bits per heavy atom. The lowest BCUT2D eigenvalue weighted by Crippen LogP contribution is -2.38. The second-order valence-corrected chi connectivity index (χ2v) is 9.80. The summed E-state index contributed by atoms with van der Waals surface area (Å²) in [5.41, 5.74) is 5.31. The molecule has 2 aromatic carbocycles. The van der Waals surface area contributed by atoms with Crippen molar-refractivity contribution >= 4 is 30.2 Å². The van der Waals surface area contributed by atoms with E-state index in [1.54, 1.807) is 12.4 Å². The van der Waals surface area contributed by atoms with Crippen LogP contribution in [0.5, 0.6) is 5.75 Å². The number of aryl methyl sites for hydroxylation is 1. The second kappa shape index (κ2) is 12.8. The summed E-state index contributed by atoms with van der Waals surface area (Å²) in [6, 6.07) is 15.8. The Labute approximate surface area is 233 Å². The minimum absolute atomic E-state index is 0.0280. The first kappa shape index (κ1) is 26.8. The summed E-state index contributed by atoms with van der Waals surface area (Å²) in [5.74, 6) is 1.66. The van der Waals surface area contributed by atoms with Gasteiger partial charge in [-0.1, -0.05) is 43.5 Å². The number of aromatic amines is 1. The number of amides is 1. The molecule has 0 unspecified atom stereocenters. The first-order valence-electron chi connectivity index (χ1n) is 13.5. The van der Waals surface area contributed by atoms with Gasteiger partial charge in [-0.05, 0) is 62.4 Å². The standard InChI is InChI=1S/C31H33N7O2/c1-21-28(15-16-32-2)31(37-26-13-11-22(12-14-26)24-18-33-34-19-24)38-30(35-21)23-7-6-10-27(17-23)40-20-29(39)36-25-8-4-3-5-9-25/h6-7,10-19,25H,2-5,8-9,20H2,1H3,(H,33,34)(H,36,39)(H,35,37,38)/b16-15-. The Morgan fingerprint density at radius 1 is 1.10 bits per heavy atom. The highest BCUT2D eigenvalue weighted by Gasteiger charge is 2.16. The average Bonchev–Trinajstić information content (AvgIpc) is 3.52. The van der Waals surface area contributed by atoms with Gasteiger partial charge in [-0.3, -0.25) is 14.9 Å². The van der Waals surface area contributed by atoms with E-state index in [-0.39, 0.29) is 18.6 Å². The van der Waals surface area contributed by atoms with Crippen LogP contribution in [-0.4, -0.2) is 45.4 Å². The Hall–Kier alpha value is -4.79. The third-order valence-electron chi connectivity index (χ3n) is 6.89. The molecule has 2 heterocycles. The molecule has 1 aliphatic carbocycles. The molecule has 0 spiro atoms. The SMILES string of the molecule is C=N/C=C\c1c(C)nc(-c2cccc(OCC(=O)NC3CCCCC3)c2)nc1Nc1ccc(-c2cn[nH]c2)cc1. The number of aromatic nitrogens is 4. The zero-order valence-electron chi connectivity index (χ0n) is 22.6. The summed E-state index contributed by atoms with van der Waals surface area (Å²) in [5, 5.41) is 13.4. The van der Waals surface area contributed by atoms with E-state index in [1.807, 2.05) is 67.7 Å². The molecule has 0 saturated heterocycles. The minimum Gasteiger partial charge on any atom is -0.484 e. The van der Waals surface area contributed by atoms with Crippen molar-refractivity contribution in [2.24, 2.45) is 4.99 Å². The largest absolute Gasteiger partial charge is 0.484 e. The normalized spacial score (nSPS) is 13.7. The summed E-state index contributed by atoms with van der Waals surface area (Å²) in [4.78, 5) is 25.9. The van der Waals surface area contributed by atoms with Crippen molar-refractivity contribution in [3.05, 3.63) is 78.4 Å². The summed E-state index contributed by atoms with van der Waals surface area (Å²) in [6.45, 7) is 5.44. The van der Waals surface area contributed by atoms with Gasteiger partial charge in [0.2, 0.25) is 0 Å². The molecule has 0 atom stereocenters. The maximum absolute atomic E-state index is 12.4. The highest BCUT2D eigenvalue weighted by molar-refractivity contribution is 5.78. The Bertz CT molecular complexity index is 1470. The molecule has 0 bridgehead atoms. The van der Waals surface area contributed by atoms with Crippen molar-refractivity contribution in [1.29, 1.82) is 0 Å². The monoisotopic (exact) mass is 535 g/mol. The number of hydrogen-bond acceptors (Lipinski definition) is 7. The van der Waals surface area contributed by atoms with Crippen LogP contribution in [0, 0.1) is 6.92 Å². The molecule has 9 heteroatoms. The Morgan fingerprint density at radius 3 is 2.67 bits per heavy atom. The van der Waals surface area contributed by atoms with E-state index < -0.39 is 0 Å². The van der Waals surface area contributed by atoms with Crippen LogP contribution in [0.3, 0.4) is 0 Å². The average molecular weight is 536 g/mol. The zero-order chi connectivity index (χ0) is 27.7. The molecule has 5 rings (SSSR count). The van der Waals surface area contributed by atoms with Crippen LogP contribution >= 0.6 is 0 Å². The summed E-state index contributed by atoms with van der Waals surface area (Å²) < 4.78 is 5.83. The van der Waals surface area contributed by atoms with Gasteiger partial charge >= 0.3 is 0 Å². The fourth-order valence-electron chi connectivity index (χ4n) is 4.81. The molecular weight excluding hydrogens is 502 g/mol. The molecule has 9 nitrogen and oxygen atoms in total. The van der Waals surface area contributed by atoms with Gasteiger partial charge < -0.3 is 15.4 Å². The lowest BCUT2D eigenvalue weighted by molar-refractivity contribution is -0.124. The summed E-state index contributed by atoms with van der Waals surface area (Å²) >= 11 is 0. The Balaban J connectivity index is 1.34. The molecule has 1 aliphatic rings. The van der Waals surface area contributed by atoms with Crippen LogP contribution in [0.25, 0.3) is 28.6 Å². The number of H-pyrrole nitrogens is 1. The van der Waals surface area contributed by atoms with Crippen molar-refractivity contribution in [3.63, 3.8) is 0 Å². The number of benzene rings is 2. The van der Waals surface area contributed by atoms with Gasteiger partial charge in [0.1, 0.15) is 11.6 Å². The molecule has 0 radical (unpaired) electrons. The van der Waals surface area contributed by atoms with Crippen molar-refractivity contribution in [3.8, 4) is 28.3 Å². The first-order valence-corrected chi connectivity index (χ1v) is 13.5. The fourth-order valence-corrected chi connectivity index (χ4v) is 4.81. The van der Waals surface area contributed by atoms with E-state index in [1.165, 1.54) is 19.3 Å². The maximum Gasteiger partial charge on any atom is 0.258 e. The number of nitrogens with one attached hydrogen (secondary N) is 3. The van der Waals surface area contributed by atoms with E-state index in [0.29, 0.717) is 17.4 Å². The summed E-state index contributed by atoms with van der Waals surface area (Å²) in [6.07, 6.45) is 12.7. The smallest absolute Gasteiger partial charge is 0.258 e.